The van der Waals surface area contributed by atoms with Gasteiger partial charge in [-0.05, 0) is 12.1 Å². The summed E-state index contributed by atoms with van der Waals surface area (Å²) >= 11 is 5.81. The van der Waals surface area contributed by atoms with E-state index >= 15 is 0 Å². The quantitative estimate of drug-likeness (QED) is 0.775. The van der Waals surface area contributed by atoms with Gasteiger partial charge in [0.05, 0.1) is 24.2 Å². The summed E-state index contributed by atoms with van der Waals surface area (Å²) in [6.07, 6.45) is -1.38. The van der Waals surface area contributed by atoms with Crippen LogP contribution in [0.3, 0.4) is 0 Å². The van der Waals surface area contributed by atoms with Crippen LogP contribution >= 0.6 is 11.6 Å². The molecule has 1 atom stereocenters. The molecule has 92 valence electrons. The summed E-state index contributed by atoms with van der Waals surface area (Å²) < 4.78 is 4.31. The smallest absolute Gasteiger partial charge is 0.336 e. The maximum atomic E-state index is 11.6. The molecule has 1 amide bonds. The summed E-state index contributed by atoms with van der Waals surface area (Å²) in [5.74, 6) is -1.26. The Morgan fingerprint density at radius 2 is 2.12 bits per heavy atom. The van der Waals surface area contributed by atoms with Crippen LogP contribution in [0.4, 0.5) is 0 Å². The van der Waals surface area contributed by atoms with Gasteiger partial charge < -0.3 is 15.2 Å². The molecule has 0 aliphatic carbocycles. The summed E-state index contributed by atoms with van der Waals surface area (Å²) in [5.41, 5.74) is 0.284. The molecule has 1 unspecified atom stereocenters. The fourth-order valence-corrected chi connectivity index (χ4v) is 1.37. The Morgan fingerprint density at radius 1 is 1.47 bits per heavy atom. The molecule has 0 aliphatic heterocycles. The van der Waals surface area contributed by atoms with Crippen LogP contribution in [0.25, 0.3) is 0 Å². The third kappa shape index (κ3) is 3.72. The van der Waals surface area contributed by atoms with Crippen molar-refractivity contribution in [3.05, 3.63) is 34.9 Å². The van der Waals surface area contributed by atoms with Gasteiger partial charge in [-0.3, -0.25) is 4.79 Å². The van der Waals surface area contributed by atoms with Crippen LogP contribution in [0.2, 0.25) is 5.02 Å². The molecule has 0 spiro atoms. The normalized spacial score (nSPS) is 11.7. The number of nitrogens with one attached hydrogen (secondary N) is 1. The molecule has 0 aliphatic rings. The van der Waals surface area contributed by atoms with Crippen molar-refractivity contribution in [1.29, 1.82) is 0 Å². The van der Waals surface area contributed by atoms with Gasteiger partial charge >= 0.3 is 5.97 Å². The Hall–Kier alpha value is -1.59. The molecule has 17 heavy (non-hydrogen) atoms. The average Bonchev–Trinajstić information content (AvgIpc) is 2.35. The van der Waals surface area contributed by atoms with E-state index in [-0.39, 0.29) is 12.1 Å². The zero-order valence-corrected chi connectivity index (χ0v) is 9.90. The molecular weight excluding hydrogens is 246 g/mol. The number of aliphatic hydroxyl groups excluding tert-OH is 1. The van der Waals surface area contributed by atoms with Crippen molar-refractivity contribution in [3.63, 3.8) is 0 Å². The van der Waals surface area contributed by atoms with Crippen LogP contribution in [-0.4, -0.2) is 36.7 Å². The van der Waals surface area contributed by atoms with Gasteiger partial charge in [0.25, 0.3) is 5.91 Å². The molecule has 0 saturated carbocycles. The minimum atomic E-state index is -1.38. The molecule has 0 bridgehead atoms. The predicted octanol–water partition coefficient (Wildman–Crippen LogP) is 0.604. The summed E-state index contributed by atoms with van der Waals surface area (Å²) in [5, 5.41) is 11.9. The number of carbonyl (C=O) groups is 2. The van der Waals surface area contributed by atoms with Crippen molar-refractivity contribution in [2.75, 3.05) is 13.7 Å². The summed E-state index contributed by atoms with van der Waals surface area (Å²) in [7, 11) is 1.15. The van der Waals surface area contributed by atoms with Gasteiger partial charge in [-0.2, -0.15) is 0 Å². The van der Waals surface area contributed by atoms with E-state index < -0.39 is 18.0 Å². The Balaban J connectivity index is 2.57. The number of benzene rings is 1. The number of halogens is 1. The Bertz CT molecular complexity index is 422. The lowest BCUT2D eigenvalue weighted by Gasteiger charge is -2.10. The molecule has 0 radical (unpaired) electrons. The van der Waals surface area contributed by atoms with Crippen LogP contribution in [-0.2, 0) is 9.53 Å². The average molecular weight is 258 g/mol. The fraction of sp³-hybridized carbons (Fsp3) is 0.273. The molecule has 0 fully saturated rings. The number of methoxy groups -OCH3 is 1. The van der Waals surface area contributed by atoms with E-state index in [1.165, 1.54) is 0 Å². The fourth-order valence-electron chi connectivity index (χ4n) is 1.15. The lowest BCUT2D eigenvalue weighted by Crippen LogP contribution is -2.37. The Morgan fingerprint density at radius 3 is 2.71 bits per heavy atom. The minimum absolute atomic E-state index is 0.225. The number of esters is 1. The monoisotopic (exact) mass is 257 g/mol. The lowest BCUT2D eigenvalue weighted by atomic mass is 10.2. The van der Waals surface area contributed by atoms with Gasteiger partial charge in [-0.15, -0.1) is 0 Å². The molecule has 2 N–H and O–H groups in total. The van der Waals surface area contributed by atoms with E-state index in [4.69, 9.17) is 11.6 Å². The molecule has 0 heterocycles. The highest BCUT2D eigenvalue weighted by atomic mass is 35.5. The van der Waals surface area contributed by atoms with Crippen LogP contribution in [0.15, 0.2) is 24.3 Å². The lowest BCUT2D eigenvalue weighted by molar-refractivity contribution is -0.149. The summed E-state index contributed by atoms with van der Waals surface area (Å²) in [6.45, 7) is -0.225. The molecule has 6 heteroatoms. The van der Waals surface area contributed by atoms with Crippen molar-refractivity contribution in [1.82, 2.24) is 5.32 Å². The first-order valence-electron chi connectivity index (χ1n) is 4.85. The first kappa shape index (κ1) is 13.5. The molecule has 1 aromatic carbocycles. The van der Waals surface area contributed by atoms with E-state index in [2.05, 4.69) is 10.1 Å². The summed E-state index contributed by atoms with van der Waals surface area (Å²) in [4.78, 5) is 22.5. The second kappa shape index (κ2) is 6.22. The number of hydrogen-bond donors (Lipinski definition) is 2. The maximum absolute atomic E-state index is 11.6. The molecule has 1 aromatic rings. The molecule has 1 rings (SSSR count). The van der Waals surface area contributed by atoms with Gasteiger partial charge in [0.2, 0.25) is 0 Å². The van der Waals surface area contributed by atoms with Crippen LogP contribution < -0.4 is 5.32 Å². The Labute approximate surface area is 103 Å². The van der Waals surface area contributed by atoms with Crippen molar-refractivity contribution < 1.29 is 19.4 Å². The van der Waals surface area contributed by atoms with Crippen LogP contribution in [0.1, 0.15) is 10.4 Å². The van der Waals surface area contributed by atoms with Crippen molar-refractivity contribution >= 4 is 23.5 Å². The SMILES string of the molecule is COC(=O)C(O)CNC(=O)c1ccccc1Cl. The minimum Gasteiger partial charge on any atom is -0.467 e. The van der Waals surface area contributed by atoms with E-state index in [0.29, 0.717) is 5.02 Å². The van der Waals surface area contributed by atoms with E-state index in [1.54, 1.807) is 24.3 Å². The van der Waals surface area contributed by atoms with Gasteiger partial charge in [-0.25, -0.2) is 4.79 Å². The second-order valence-corrected chi connectivity index (χ2v) is 3.64. The first-order chi connectivity index (χ1) is 8.06. The van der Waals surface area contributed by atoms with Gasteiger partial charge in [0.15, 0.2) is 6.10 Å². The van der Waals surface area contributed by atoms with Crippen molar-refractivity contribution in [3.8, 4) is 0 Å². The second-order valence-electron chi connectivity index (χ2n) is 3.23. The standard InChI is InChI=1S/C11H12ClNO4/c1-17-11(16)9(14)6-13-10(15)7-4-2-3-5-8(7)12/h2-5,9,14H,6H2,1H3,(H,13,15). The highest BCUT2D eigenvalue weighted by Crippen LogP contribution is 2.14. The highest BCUT2D eigenvalue weighted by Gasteiger charge is 2.17. The van der Waals surface area contributed by atoms with E-state index in [1.807, 2.05) is 0 Å². The number of amides is 1. The molecule has 5 nitrogen and oxygen atoms in total. The van der Waals surface area contributed by atoms with E-state index in [9.17, 15) is 14.7 Å². The summed E-state index contributed by atoms with van der Waals surface area (Å²) in [6, 6.07) is 6.48. The zero-order chi connectivity index (χ0) is 12.8. The van der Waals surface area contributed by atoms with Crippen molar-refractivity contribution in [2.24, 2.45) is 0 Å². The Kier molecular flexibility index (Phi) is 4.93. The first-order valence-corrected chi connectivity index (χ1v) is 5.22. The van der Waals surface area contributed by atoms with Crippen LogP contribution in [0.5, 0.6) is 0 Å². The van der Waals surface area contributed by atoms with Gasteiger partial charge in [-0.1, -0.05) is 23.7 Å². The highest BCUT2D eigenvalue weighted by molar-refractivity contribution is 6.33. The van der Waals surface area contributed by atoms with Gasteiger partial charge in [0.1, 0.15) is 0 Å². The number of ether oxygens (including phenoxy) is 1. The van der Waals surface area contributed by atoms with Gasteiger partial charge in [0, 0.05) is 0 Å². The third-order valence-electron chi connectivity index (χ3n) is 2.05. The number of carbonyl (C=O) groups excluding carboxylic acids is 2. The zero-order valence-electron chi connectivity index (χ0n) is 9.14. The molecule has 0 aromatic heterocycles. The number of rotatable bonds is 4. The maximum Gasteiger partial charge on any atom is 0.336 e. The topological polar surface area (TPSA) is 75.6 Å². The molecule has 0 saturated heterocycles. The molecular formula is C11H12ClNO4. The van der Waals surface area contributed by atoms with Crippen molar-refractivity contribution in [2.45, 2.75) is 6.10 Å². The number of aliphatic hydroxyl groups is 1. The van der Waals surface area contributed by atoms with Crippen LogP contribution in [0, 0.1) is 0 Å². The predicted molar refractivity (Wildman–Crippen MR) is 61.8 cm³/mol. The largest absolute Gasteiger partial charge is 0.467 e. The van der Waals surface area contributed by atoms with E-state index in [0.717, 1.165) is 7.11 Å². The number of hydrogen-bond acceptors (Lipinski definition) is 4. The third-order valence-corrected chi connectivity index (χ3v) is 2.38.